The van der Waals surface area contributed by atoms with Gasteiger partial charge in [0.1, 0.15) is 31.7 Å². The lowest BCUT2D eigenvalue weighted by Gasteiger charge is -2.49. The van der Waals surface area contributed by atoms with E-state index in [2.05, 4.69) is 87.8 Å². The Balaban J connectivity index is 0.000000865. The molecule has 0 aromatic rings. The summed E-state index contributed by atoms with van der Waals surface area (Å²) in [5.41, 5.74) is -0.719. The van der Waals surface area contributed by atoms with Crippen LogP contribution in [0.2, 0.25) is 0 Å². The molecule has 4 aliphatic carbocycles. The summed E-state index contributed by atoms with van der Waals surface area (Å²) < 4.78 is 0. The van der Waals surface area contributed by atoms with Crippen molar-refractivity contribution in [1.82, 2.24) is 31.1 Å². The van der Waals surface area contributed by atoms with Crippen molar-refractivity contribution in [2.24, 2.45) is 33.5 Å². The van der Waals surface area contributed by atoms with Crippen molar-refractivity contribution < 1.29 is 28.8 Å². The molecule has 0 radical (unpaired) electrons. The number of hydrogen-bond donors (Lipinski definition) is 4. The summed E-state index contributed by atoms with van der Waals surface area (Å²) in [6, 6.07) is -2.55. The standard InChI is InChI=1S/C42H68N6O4.C7H16.2CH2O/c1-12-28-23-42(28,26(2)43-11)46-34(50)30-24-41(39(9,10)40(41)20-16-21-40)25-47(30)36(52)32(37(3,4)5)45-35(51)31(27-17-14-13-15-18-27)44-33(49)29-19-22-48(29)38(6,7)8;1-3-5-7-6-4-2;2*1-2/h12,27-32,43H,1-2,13-25H2,3-11H3,(H,44,49)(H,45,51)(H,46,50);3-7H2,1-2H3;2*1H2/t28-,29?,30?,31?,32-,41-,42+;;;/m1.../s1. The summed E-state index contributed by atoms with van der Waals surface area (Å²) in [5, 5.41) is 12.9. The number of likely N-dealkylation sites (N-methyl/N-ethyl adjacent to an activating group) is 1. The van der Waals surface area contributed by atoms with Gasteiger partial charge < -0.3 is 35.8 Å². The molecular weight excluding hydrogens is 793 g/mol. The molecule has 2 heterocycles. The minimum Gasteiger partial charge on any atom is -0.390 e. The molecule has 6 aliphatic rings. The minimum atomic E-state index is -0.884. The molecule has 2 saturated heterocycles. The average molecular weight is 881 g/mol. The first-order valence-corrected chi connectivity index (χ1v) is 24.2. The molecule has 3 unspecified atom stereocenters. The van der Waals surface area contributed by atoms with Crippen molar-refractivity contribution in [1.29, 1.82) is 0 Å². The van der Waals surface area contributed by atoms with Crippen molar-refractivity contribution in [2.45, 2.75) is 207 Å². The lowest BCUT2D eigenvalue weighted by atomic mass is 9.73. The van der Waals surface area contributed by atoms with Crippen LogP contribution < -0.4 is 21.3 Å². The van der Waals surface area contributed by atoms with Crippen LogP contribution in [0.25, 0.3) is 0 Å². The second-order valence-electron chi connectivity index (χ2n) is 22.0. The van der Waals surface area contributed by atoms with Crippen LogP contribution in [0.1, 0.15) is 172 Å². The number of amides is 4. The van der Waals surface area contributed by atoms with Gasteiger partial charge in [0.05, 0.1) is 11.6 Å². The van der Waals surface area contributed by atoms with Crippen molar-refractivity contribution in [3.63, 3.8) is 0 Å². The molecular formula is C51H88N6O6. The molecule has 358 valence electrons. The smallest absolute Gasteiger partial charge is 0.246 e. The zero-order valence-electron chi connectivity index (χ0n) is 41.4. The van der Waals surface area contributed by atoms with E-state index < -0.39 is 29.1 Å². The highest BCUT2D eigenvalue weighted by atomic mass is 16.2. The molecule has 4 N–H and O–H groups in total. The highest BCUT2D eigenvalue weighted by Gasteiger charge is 2.85. The number of rotatable bonds is 15. The largest absolute Gasteiger partial charge is 0.390 e. The Morgan fingerprint density at radius 3 is 1.78 bits per heavy atom. The molecule has 0 aromatic carbocycles. The molecule has 6 fully saturated rings. The van der Waals surface area contributed by atoms with Crippen LogP contribution in [0.5, 0.6) is 0 Å². The fraction of sp³-hybridized carbons (Fsp3) is 0.804. The Morgan fingerprint density at radius 1 is 0.778 bits per heavy atom. The maximum atomic E-state index is 15.1. The van der Waals surface area contributed by atoms with Gasteiger partial charge in [-0.25, -0.2) is 0 Å². The van der Waals surface area contributed by atoms with Gasteiger partial charge in [0.25, 0.3) is 0 Å². The maximum Gasteiger partial charge on any atom is 0.246 e. The zero-order valence-corrected chi connectivity index (χ0v) is 41.4. The van der Waals surface area contributed by atoms with E-state index in [0.717, 1.165) is 63.6 Å². The first-order chi connectivity index (χ1) is 29.6. The molecule has 12 nitrogen and oxygen atoms in total. The van der Waals surface area contributed by atoms with Gasteiger partial charge in [0.15, 0.2) is 0 Å². The SMILES string of the molecule is C=C[C@@H]1C[C@]1(NC(=O)C1C[C@@]2(CN1C(=O)[C@@H](NC(=O)C(NC(=O)C1CCN1C(C)(C)C)C1CCCCC1)C(C)(C)C)C(C)(C)C21CCC1)C(=C)NC.C=O.C=O.CCCCCCC. The summed E-state index contributed by atoms with van der Waals surface area (Å²) in [4.78, 5) is 77.9. The van der Waals surface area contributed by atoms with Crippen LogP contribution in [0.15, 0.2) is 24.9 Å². The lowest BCUT2D eigenvalue weighted by molar-refractivity contribution is -0.145. The fourth-order valence-corrected chi connectivity index (χ4v) is 12.0. The number of carbonyl (C=O) groups excluding carboxylic acids is 6. The summed E-state index contributed by atoms with van der Waals surface area (Å²) in [5.74, 6) is -0.736. The van der Waals surface area contributed by atoms with Crippen LogP contribution in [-0.2, 0) is 28.8 Å². The van der Waals surface area contributed by atoms with Gasteiger partial charge in [0, 0.05) is 42.7 Å². The van der Waals surface area contributed by atoms with E-state index in [9.17, 15) is 14.4 Å². The molecule has 0 aromatic heterocycles. The Bertz CT molecular complexity index is 1600. The number of likely N-dealkylation sites (tertiary alicyclic amines) is 2. The topological polar surface area (TPSA) is 157 Å². The van der Waals surface area contributed by atoms with Crippen LogP contribution in [0, 0.1) is 33.5 Å². The van der Waals surface area contributed by atoms with Crippen LogP contribution in [0.4, 0.5) is 0 Å². The first-order valence-electron chi connectivity index (χ1n) is 24.2. The first kappa shape index (κ1) is 53.8. The number of nitrogens with zero attached hydrogens (tertiary/aromatic N) is 2. The molecule has 4 amide bonds. The van der Waals surface area contributed by atoms with E-state index >= 15 is 4.79 Å². The normalized spacial score (nSPS) is 28.6. The molecule has 2 spiro atoms. The Kier molecular flexibility index (Phi) is 18.5. The third kappa shape index (κ3) is 10.6. The van der Waals surface area contributed by atoms with Gasteiger partial charge in [0.2, 0.25) is 23.6 Å². The monoisotopic (exact) mass is 881 g/mol. The van der Waals surface area contributed by atoms with Crippen LogP contribution >= 0.6 is 0 Å². The molecule has 4 saturated carbocycles. The summed E-state index contributed by atoms with van der Waals surface area (Å²) in [6.45, 7) is 34.9. The summed E-state index contributed by atoms with van der Waals surface area (Å²) in [7, 11) is 1.81. The second kappa shape index (κ2) is 21.6. The van der Waals surface area contributed by atoms with Gasteiger partial charge in [-0.3, -0.25) is 24.1 Å². The lowest BCUT2D eigenvalue weighted by Crippen LogP contribution is -2.66. The fourth-order valence-electron chi connectivity index (χ4n) is 12.0. The highest BCUT2D eigenvalue weighted by Crippen LogP contribution is 2.88. The van der Waals surface area contributed by atoms with Gasteiger partial charge in [-0.1, -0.05) is 119 Å². The quantitative estimate of drug-likeness (QED) is 0.0966. The predicted octanol–water partition coefficient (Wildman–Crippen LogP) is 7.65. The third-order valence-electron chi connectivity index (χ3n) is 16.4. The Hall–Kier alpha value is -3.54. The van der Waals surface area contributed by atoms with E-state index in [0.29, 0.717) is 19.4 Å². The number of fused-ring (bicyclic) bond motifs is 1. The van der Waals surface area contributed by atoms with E-state index in [-0.39, 0.29) is 63.3 Å². The van der Waals surface area contributed by atoms with Crippen molar-refractivity contribution in [3.05, 3.63) is 24.9 Å². The predicted molar refractivity (Wildman–Crippen MR) is 253 cm³/mol. The number of nitrogens with one attached hydrogen (secondary N) is 4. The highest BCUT2D eigenvalue weighted by molar-refractivity contribution is 5.96. The molecule has 2 aliphatic heterocycles. The van der Waals surface area contributed by atoms with Crippen LogP contribution in [0.3, 0.4) is 0 Å². The van der Waals surface area contributed by atoms with E-state index in [1.165, 1.54) is 38.5 Å². The molecule has 63 heavy (non-hydrogen) atoms. The zero-order chi connectivity index (χ0) is 47.8. The molecule has 0 bridgehead atoms. The van der Waals surface area contributed by atoms with Crippen molar-refractivity contribution in [2.75, 3.05) is 20.1 Å². The van der Waals surface area contributed by atoms with Gasteiger partial charge in [-0.15, -0.1) is 6.58 Å². The summed E-state index contributed by atoms with van der Waals surface area (Å²) >= 11 is 0. The average Bonchev–Trinajstić information content (AvgIpc) is 3.94. The van der Waals surface area contributed by atoms with Crippen LogP contribution in [-0.4, -0.2) is 102 Å². The van der Waals surface area contributed by atoms with Gasteiger partial charge >= 0.3 is 0 Å². The van der Waals surface area contributed by atoms with E-state index in [1.54, 1.807) is 0 Å². The van der Waals surface area contributed by atoms with Gasteiger partial charge in [-0.05, 0) is 87.9 Å². The Labute approximate surface area is 381 Å². The number of hydrogen-bond acceptors (Lipinski definition) is 8. The second-order valence-corrected chi connectivity index (χ2v) is 22.0. The number of carbonyl (C=O) groups is 6. The molecule has 12 heteroatoms. The summed E-state index contributed by atoms with van der Waals surface area (Å²) in [6.07, 6.45) is 19.2. The Morgan fingerprint density at radius 2 is 1.37 bits per heavy atom. The van der Waals surface area contributed by atoms with Crippen molar-refractivity contribution >= 4 is 37.2 Å². The van der Waals surface area contributed by atoms with Gasteiger partial charge in [-0.2, -0.15) is 0 Å². The van der Waals surface area contributed by atoms with E-state index in [1.807, 2.05) is 52.4 Å². The minimum absolute atomic E-state index is 0.000595. The maximum absolute atomic E-state index is 15.1. The third-order valence-corrected chi connectivity index (χ3v) is 16.4. The molecule has 7 atom stereocenters. The van der Waals surface area contributed by atoms with Crippen molar-refractivity contribution in [3.8, 4) is 0 Å². The molecule has 6 rings (SSSR count). The van der Waals surface area contributed by atoms with E-state index in [4.69, 9.17) is 9.59 Å². The number of unbranched alkanes of at least 4 members (excludes halogenated alkanes) is 4.